The van der Waals surface area contributed by atoms with E-state index < -0.39 is 0 Å². The van der Waals surface area contributed by atoms with Crippen LogP contribution < -0.4 is 5.32 Å². The van der Waals surface area contributed by atoms with Gasteiger partial charge < -0.3 is 10.2 Å². The standard InChI is InChI=1S/C20H24N2O2/c1-3-22(15-17-10-6-4-7-11-17)20(24)14-19(23)21-16(2)18-12-8-5-9-13-18/h4-13,16H,3,14-15H2,1-2H3,(H,21,23). The SMILES string of the molecule is CCN(Cc1ccccc1)C(=O)CC(=O)NC(C)c1ccccc1. The maximum Gasteiger partial charge on any atom is 0.232 e. The largest absolute Gasteiger partial charge is 0.349 e. The summed E-state index contributed by atoms with van der Waals surface area (Å²) in [5, 5.41) is 2.88. The van der Waals surface area contributed by atoms with Crippen molar-refractivity contribution in [3.05, 3.63) is 71.8 Å². The molecule has 0 bridgehead atoms. The number of benzene rings is 2. The number of nitrogens with one attached hydrogen (secondary N) is 1. The molecule has 0 saturated heterocycles. The zero-order chi connectivity index (χ0) is 17.4. The summed E-state index contributed by atoms with van der Waals surface area (Å²) in [6, 6.07) is 19.4. The lowest BCUT2D eigenvalue weighted by Gasteiger charge is -2.21. The molecule has 1 unspecified atom stereocenters. The van der Waals surface area contributed by atoms with Gasteiger partial charge in [0.1, 0.15) is 6.42 Å². The fourth-order valence-corrected chi connectivity index (χ4v) is 2.55. The molecule has 0 heterocycles. The van der Waals surface area contributed by atoms with Crippen molar-refractivity contribution in [3.8, 4) is 0 Å². The Labute approximate surface area is 143 Å². The number of amides is 2. The molecule has 24 heavy (non-hydrogen) atoms. The van der Waals surface area contributed by atoms with Crippen LogP contribution in [0.2, 0.25) is 0 Å². The molecule has 2 aromatic rings. The summed E-state index contributed by atoms with van der Waals surface area (Å²) in [7, 11) is 0. The molecule has 2 amide bonds. The molecule has 4 nitrogen and oxygen atoms in total. The Balaban J connectivity index is 1.88. The van der Waals surface area contributed by atoms with E-state index in [0.29, 0.717) is 13.1 Å². The van der Waals surface area contributed by atoms with Crippen molar-refractivity contribution in [1.29, 1.82) is 0 Å². The van der Waals surface area contributed by atoms with Gasteiger partial charge in [-0.2, -0.15) is 0 Å². The van der Waals surface area contributed by atoms with Crippen molar-refractivity contribution in [2.45, 2.75) is 32.9 Å². The van der Waals surface area contributed by atoms with E-state index in [0.717, 1.165) is 11.1 Å². The predicted molar refractivity (Wildman–Crippen MR) is 95.1 cm³/mol. The summed E-state index contributed by atoms with van der Waals surface area (Å²) < 4.78 is 0. The van der Waals surface area contributed by atoms with Crippen molar-refractivity contribution in [1.82, 2.24) is 10.2 Å². The molecule has 1 atom stereocenters. The van der Waals surface area contributed by atoms with Gasteiger partial charge in [0.15, 0.2) is 0 Å². The Morgan fingerprint density at radius 1 is 1.00 bits per heavy atom. The van der Waals surface area contributed by atoms with Crippen LogP contribution in [0.3, 0.4) is 0 Å². The number of hydrogen-bond acceptors (Lipinski definition) is 2. The van der Waals surface area contributed by atoms with Gasteiger partial charge in [0.2, 0.25) is 11.8 Å². The zero-order valence-electron chi connectivity index (χ0n) is 14.2. The lowest BCUT2D eigenvalue weighted by molar-refractivity contribution is -0.136. The Hall–Kier alpha value is -2.62. The Morgan fingerprint density at radius 3 is 2.17 bits per heavy atom. The van der Waals surface area contributed by atoms with Crippen molar-refractivity contribution in [2.24, 2.45) is 0 Å². The van der Waals surface area contributed by atoms with Crippen LogP contribution in [0.1, 0.15) is 37.4 Å². The smallest absolute Gasteiger partial charge is 0.232 e. The highest BCUT2D eigenvalue weighted by Crippen LogP contribution is 2.12. The van der Waals surface area contributed by atoms with Crippen LogP contribution in [0.4, 0.5) is 0 Å². The molecule has 0 aliphatic heterocycles. The second-order valence-corrected chi connectivity index (χ2v) is 5.77. The monoisotopic (exact) mass is 324 g/mol. The van der Waals surface area contributed by atoms with E-state index in [-0.39, 0.29) is 24.3 Å². The third kappa shape index (κ3) is 5.23. The van der Waals surface area contributed by atoms with Gasteiger partial charge in [0.05, 0.1) is 6.04 Å². The highest BCUT2D eigenvalue weighted by Gasteiger charge is 2.18. The minimum absolute atomic E-state index is 0.115. The van der Waals surface area contributed by atoms with Crippen molar-refractivity contribution in [2.75, 3.05) is 6.54 Å². The lowest BCUT2D eigenvalue weighted by atomic mass is 10.1. The molecule has 0 aliphatic carbocycles. The van der Waals surface area contributed by atoms with Gasteiger partial charge in [-0.1, -0.05) is 60.7 Å². The minimum Gasteiger partial charge on any atom is -0.349 e. The number of nitrogens with zero attached hydrogens (tertiary/aromatic N) is 1. The predicted octanol–water partition coefficient (Wildman–Crippen LogP) is 3.30. The molecule has 1 N–H and O–H groups in total. The molecule has 126 valence electrons. The molecular formula is C20H24N2O2. The average molecular weight is 324 g/mol. The Bertz CT molecular complexity index is 656. The summed E-state index contributed by atoms with van der Waals surface area (Å²) in [6.07, 6.45) is -0.127. The molecule has 4 heteroatoms. The Morgan fingerprint density at radius 2 is 1.58 bits per heavy atom. The van der Waals surface area contributed by atoms with E-state index in [2.05, 4.69) is 5.32 Å². The Kier molecular flexibility index (Phi) is 6.55. The first-order chi connectivity index (χ1) is 11.6. The van der Waals surface area contributed by atoms with Gasteiger partial charge >= 0.3 is 0 Å². The summed E-state index contributed by atoms with van der Waals surface area (Å²) in [5.41, 5.74) is 2.08. The van der Waals surface area contributed by atoms with E-state index >= 15 is 0 Å². The quantitative estimate of drug-likeness (QED) is 0.795. The molecule has 2 aromatic carbocycles. The second-order valence-electron chi connectivity index (χ2n) is 5.77. The normalized spacial score (nSPS) is 11.6. The highest BCUT2D eigenvalue weighted by atomic mass is 16.2. The first-order valence-electron chi connectivity index (χ1n) is 8.26. The molecule has 0 saturated carbocycles. The van der Waals surface area contributed by atoms with E-state index in [1.54, 1.807) is 4.90 Å². The van der Waals surface area contributed by atoms with E-state index in [1.807, 2.05) is 74.5 Å². The van der Waals surface area contributed by atoms with Crippen LogP contribution in [0.5, 0.6) is 0 Å². The average Bonchev–Trinajstić information content (AvgIpc) is 2.61. The molecular weight excluding hydrogens is 300 g/mol. The van der Waals surface area contributed by atoms with E-state index in [4.69, 9.17) is 0 Å². The number of carbonyl (C=O) groups is 2. The van der Waals surface area contributed by atoms with E-state index in [9.17, 15) is 9.59 Å². The van der Waals surface area contributed by atoms with E-state index in [1.165, 1.54) is 0 Å². The van der Waals surface area contributed by atoms with Crippen LogP contribution >= 0.6 is 0 Å². The van der Waals surface area contributed by atoms with Crippen LogP contribution in [0, 0.1) is 0 Å². The first kappa shape index (κ1) is 17.7. The number of carbonyl (C=O) groups excluding carboxylic acids is 2. The summed E-state index contributed by atoms with van der Waals surface area (Å²) in [6.45, 7) is 4.94. The van der Waals surface area contributed by atoms with Crippen LogP contribution in [-0.2, 0) is 16.1 Å². The molecule has 0 fully saturated rings. The number of hydrogen-bond donors (Lipinski definition) is 1. The van der Waals surface area contributed by atoms with Crippen molar-refractivity contribution in [3.63, 3.8) is 0 Å². The summed E-state index contributed by atoms with van der Waals surface area (Å²) in [4.78, 5) is 26.2. The van der Waals surface area contributed by atoms with Crippen LogP contribution in [-0.4, -0.2) is 23.3 Å². The molecule has 0 aromatic heterocycles. The van der Waals surface area contributed by atoms with Crippen molar-refractivity contribution < 1.29 is 9.59 Å². The second kappa shape index (κ2) is 8.87. The molecule has 0 aliphatic rings. The van der Waals surface area contributed by atoms with Crippen molar-refractivity contribution >= 4 is 11.8 Å². The molecule has 0 radical (unpaired) electrons. The molecule has 0 spiro atoms. The van der Waals surface area contributed by atoms with Gasteiger partial charge in [-0.15, -0.1) is 0 Å². The number of rotatable bonds is 7. The summed E-state index contributed by atoms with van der Waals surface area (Å²) in [5.74, 6) is -0.401. The van der Waals surface area contributed by atoms with Gasteiger partial charge in [0, 0.05) is 13.1 Å². The maximum atomic E-state index is 12.4. The fraction of sp³-hybridized carbons (Fsp3) is 0.300. The zero-order valence-corrected chi connectivity index (χ0v) is 14.2. The van der Waals surface area contributed by atoms with Gasteiger partial charge in [-0.3, -0.25) is 9.59 Å². The van der Waals surface area contributed by atoms with Crippen LogP contribution in [0.25, 0.3) is 0 Å². The topological polar surface area (TPSA) is 49.4 Å². The first-order valence-corrected chi connectivity index (χ1v) is 8.26. The van der Waals surface area contributed by atoms with Gasteiger partial charge in [-0.25, -0.2) is 0 Å². The summed E-state index contributed by atoms with van der Waals surface area (Å²) >= 11 is 0. The fourth-order valence-electron chi connectivity index (χ4n) is 2.55. The van der Waals surface area contributed by atoms with Gasteiger partial charge in [0.25, 0.3) is 0 Å². The van der Waals surface area contributed by atoms with Crippen LogP contribution in [0.15, 0.2) is 60.7 Å². The van der Waals surface area contributed by atoms with Gasteiger partial charge in [-0.05, 0) is 25.0 Å². The molecule has 2 rings (SSSR count). The third-order valence-corrected chi connectivity index (χ3v) is 3.94. The minimum atomic E-state index is -0.247. The highest BCUT2D eigenvalue weighted by molar-refractivity contribution is 5.97. The maximum absolute atomic E-state index is 12.4. The third-order valence-electron chi connectivity index (χ3n) is 3.94. The lowest BCUT2D eigenvalue weighted by Crippen LogP contribution is -2.36.